The molecule has 0 saturated heterocycles. The van der Waals surface area contributed by atoms with Gasteiger partial charge in [-0.1, -0.05) is 187 Å². The zero-order valence-electron chi connectivity index (χ0n) is 22.0. The number of halogens is 2. The van der Waals surface area contributed by atoms with Gasteiger partial charge >= 0.3 is 35.0 Å². The van der Waals surface area contributed by atoms with Gasteiger partial charge in [-0.25, -0.2) is 0 Å². The molecule has 4 aromatic carbocycles. The largest absolute Gasteiger partial charge is 0.0622 e. The Bertz CT molecular complexity index is 1040. The van der Waals surface area contributed by atoms with Crippen LogP contribution in [-0.4, -0.2) is 0 Å². The summed E-state index contributed by atoms with van der Waals surface area (Å²) in [6.45, 7) is 0. The summed E-state index contributed by atoms with van der Waals surface area (Å²) >= 11 is -0.106. The fourth-order valence-electron chi connectivity index (χ4n) is 3.20. The molecule has 0 amide bonds. The maximum atomic E-state index is 4.81. The van der Waals surface area contributed by atoms with Crippen LogP contribution in [0.2, 0.25) is 0 Å². The van der Waals surface area contributed by atoms with Crippen molar-refractivity contribution in [2.45, 2.75) is 12.8 Å². The van der Waals surface area contributed by atoms with E-state index < -0.39 is 0 Å². The first kappa shape index (κ1) is 36.5. The van der Waals surface area contributed by atoms with E-state index in [0.29, 0.717) is 0 Å². The van der Waals surface area contributed by atoms with Gasteiger partial charge in [0.15, 0.2) is 0 Å². The minimum atomic E-state index is -0.106. The molecule has 0 aliphatic heterocycles. The quantitative estimate of drug-likeness (QED) is 0.145. The van der Waals surface area contributed by atoms with Gasteiger partial charge in [0.25, 0.3) is 0 Å². The van der Waals surface area contributed by atoms with Gasteiger partial charge in [0.05, 0.1) is 0 Å². The molecule has 0 unspecified atom stereocenters. The molecule has 6 heteroatoms. The number of benzene rings is 4. The SMILES string of the molecule is C1=CCC=C1.C1=CCC=C1.[Cl][Pd][Cl].[Fe].c1ccc(Pc2ccccc2)cc1.c1ccc(Pc2ccccc2)cc1. The van der Waals surface area contributed by atoms with Gasteiger partial charge in [0, 0.05) is 17.1 Å². The maximum absolute atomic E-state index is 4.81. The molecule has 4 aromatic rings. The molecule has 2 aliphatic rings. The normalized spacial score (nSPS) is 11.3. The molecule has 0 fully saturated rings. The Hall–Kier alpha value is -1.54. The van der Waals surface area contributed by atoms with Crippen molar-refractivity contribution in [3.8, 4) is 0 Å². The predicted octanol–water partition coefficient (Wildman–Crippen LogP) is 9.01. The van der Waals surface area contributed by atoms with Crippen molar-refractivity contribution in [3.63, 3.8) is 0 Å². The van der Waals surface area contributed by atoms with E-state index in [4.69, 9.17) is 19.1 Å². The standard InChI is InChI=1S/2C12H11P.2C5H6.2ClH.Fe.Pd/c2*1-3-7-11(8-4-1)13-12-9-5-2-6-10-12;2*1-2-4-5-3-1;;;;/h2*1-10,13H;2*1-4H,5H2;2*1H;;/q;;;;;;;+2/p-2. The van der Waals surface area contributed by atoms with E-state index in [1.54, 1.807) is 0 Å². The third-order valence-electron chi connectivity index (χ3n) is 4.98. The summed E-state index contributed by atoms with van der Waals surface area (Å²) in [6, 6.07) is 42.3. The first-order valence-corrected chi connectivity index (χ1v) is 18.5. The smallest absolute Gasteiger partial charge is 0 e. The van der Waals surface area contributed by atoms with Crippen LogP contribution in [0, 0.1) is 0 Å². The van der Waals surface area contributed by atoms with Crippen molar-refractivity contribution >= 4 is 57.4 Å². The van der Waals surface area contributed by atoms with E-state index >= 15 is 0 Å². The molecule has 0 bridgehead atoms. The van der Waals surface area contributed by atoms with Crippen molar-refractivity contribution in [3.05, 3.63) is 170 Å². The maximum Gasteiger partial charge on any atom is 0 e. The number of rotatable bonds is 4. The Balaban J connectivity index is 0.000000275. The number of hydrogen-bond acceptors (Lipinski definition) is 0. The first-order chi connectivity index (χ1) is 19.3. The van der Waals surface area contributed by atoms with Crippen molar-refractivity contribution in [1.82, 2.24) is 0 Å². The third-order valence-corrected chi connectivity index (χ3v) is 7.47. The fraction of sp³-hybridized carbons (Fsp3) is 0.0588. The molecule has 0 atom stereocenters. The first-order valence-electron chi connectivity index (χ1n) is 12.5. The van der Waals surface area contributed by atoms with Crippen molar-refractivity contribution in [2.75, 3.05) is 0 Å². The molecule has 0 radical (unpaired) electrons. The summed E-state index contributed by atoms with van der Waals surface area (Å²) in [5, 5.41) is 5.59. The molecule has 6 rings (SSSR count). The predicted molar refractivity (Wildman–Crippen MR) is 178 cm³/mol. The summed E-state index contributed by atoms with van der Waals surface area (Å²) in [6.07, 6.45) is 19.0. The summed E-state index contributed by atoms with van der Waals surface area (Å²) in [7, 11) is 11.2. The van der Waals surface area contributed by atoms with Crippen LogP contribution in [0.25, 0.3) is 0 Å². The molecular weight excluding hydrogens is 703 g/mol. The summed E-state index contributed by atoms with van der Waals surface area (Å²) < 4.78 is 0. The molecule has 0 aromatic heterocycles. The van der Waals surface area contributed by atoms with E-state index in [1.807, 2.05) is 0 Å². The Kier molecular flexibility index (Phi) is 24.1. The summed E-state index contributed by atoms with van der Waals surface area (Å²) in [4.78, 5) is 0. The second kappa shape index (κ2) is 26.4. The zero-order chi connectivity index (χ0) is 27.6. The van der Waals surface area contributed by atoms with Crippen molar-refractivity contribution in [1.29, 1.82) is 0 Å². The van der Waals surface area contributed by atoms with E-state index in [2.05, 4.69) is 170 Å². The van der Waals surface area contributed by atoms with Crippen LogP contribution in [0.3, 0.4) is 0 Å². The van der Waals surface area contributed by atoms with Crippen LogP contribution >= 0.6 is 36.2 Å². The van der Waals surface area contributed by atoms with E-state index in [9.17, 15) is 0 Å². The molecule has 0 N–H and O–H groups in total. The topological polar surface area (TPSA) is 0 Å². The van der Waals surface area contributed by atoms with Crippen LogP contribution in [0.1, 0.15) is 12.8 Å². The average molecular weight is 738 g/mol. The number of allylic oxidation sites excluding steroid dienone is 8. The average Bonchev–Trinajstić information content (AvgIpc) is 3.77. The van der Waals surface area contributed by atoms with E-state index in [1.165, 1.54) is 21.2 Å². The monoisotopic (exact) mass is 736 g/mol. The Labute approximate surface area is 271 Å². The van der Waals surface area contributed by atoms with E-state index in [-0.39, 0.29) is 33.0 Å². The molecule has 0 heterocycles. The molecule has 40 heavy (non-hydrogen) atoms. The zero-order valence-corrected chi connectivity index (χ0v) is 28.2. The van der Waals surface area contributed by atoms with Crippen molar-refractivity contribution in [2.24, 2.45) is 0 Å². The fourth-order valence-corrected chi connectivity index (χ4v) is 5.31. The van der Waals surface area contributed by atoms with Crippen LogP contribution < -0.4 is 21.2 Å². The van der Waals surface area contributed by atoms with Crippen LogP contribution in [-0.2, 0) is 33.0 Å². The van der Waals surface area contributed by atoms with Gasteiger partial charge in [-0.05, 0) is 34.1 Å². The molecule has 0 saturated carbocycles. The van der Waals surface area contributed by atoms with Gasteiger partial charge < -0.3 is 0 Å². The molecule has 0 spiro atoms. The van der Waals surface area contributed by atoms with Crippen molar-refractivity contribution < 1.29 is 33.0 Å². The van der Waals surface area contributed by atoms with Crippen LogP contribution in [0.4, 0.5) is 0 Å². The van der Waals surface area contributed by atoms with E-state index in [0.717, 1.165) is 30.0 Å². The minimum absolute atomic E-state index is 0. The molecular formula is C34H34Cl2FeP2Pd. The van der Waals surface area contributed by atoms with Crippen LogP contribution in [0.15, 0.2) is 170 Å². The summed E-state index contributed by atoms with van der Waals surface area (Å²) in [5.74, 6) is 0. The van der Waals surface area contributed by atoms with Gasteiger partial charge in [-0.2, -0.15) is 0 Å². The Morgan fingerprint density at radius 1 is 0.400 bits per heavy atom. The van der Waals surface area contributed by atoms with Gasteiger partial charge in [-0.15, -0.1) is 0 Å². The molecule has 0 nitrogen and oxygen atoms in total. The van der Waals surface area contributed by atoms with Gasteiger partial charge in [-0.3, -0.25) is 0 Å². The van der Waals surface area contributed by atoms with Gasteiger partial charge in [0.1, 0.15) is 0 Å². The Morgan fingerprint density at radius 3 is 0.750 bits per heavy atom. The summed E-state index contributed by atoms with van der Waals surface area (Å²) in [5.41, 5.74) is 0. The van der Waals surface area contributed by atoms with Crippen LogP contribution in [0.5, 0.6) is 0 Å². The van der Waals surface area contributed by atoms with Gasteiger partial charge in [0.2, 0.25) is 0 Å². The molecule has 212 valence electrons. The number of hydrogen-bond donors (Lipinski definition) is 0. The third kappa shape index (κ3) is 19.5. The Morgan fingerprint density at radius 2 is 0.600 bits per heavy atom. The second-order valence-electron chi connectivity index (χ2n) is 7.94. The molecule has 2 aliphatic carbocycles. The second-order valence-corrected chi connectivity index (χ2v) is 13.1. The minimum Gasteiger partial charge on any atom is -0.0622 e.